The summed E-state index contributed by atoms with van der Waals surface area (Å²) in [4.78, 5) is 21.0. The number of aromatic nitrogens is 2. The van der Waals surface area contributed by atoms with Crippen LogP contribution in [-0.2, 0) is 6.61 Å². The first-order valence-electron chi connectivity index (χ1n) is 6.02. The van der Waals surface area contributed by atoms with E-state index >= 15 is 0 Å². The lowest BCUT2D eigenvalue weighted by atomic mass is 10.3. The summed E-state index contributed by atoms with van der Waals surface area (Å²) in [6, 6.07) is 10.7. The smallest absolute Gasteiger partial charge is 0.354 e. The van der Waals surface area contributed by atoms with Gasteiger partial charge in [0, 0.05) is 20.2 Å². The molecule has 6 nitrogen and oxygen atoms in total. The molecule has 104 valence electrons. The Hall–Kier alpha value is -2.63. The van der Waals surface area contributed by atoms with E-state index in [1.54, 1.807) is 19.0 Å². The Bertz CT molecular complexity index is 600. The molecule has 0 aliphatic carbocycles. The van der Waals surface area contributed by atoms with Crippen LogP contribution in [0.1, 0.15) is 16.3 Å². The van der Waals surface area contributed by atoms with Crippen LogP contribution in [0.3, 0.4) is 0 Å². The van der Waals surface area contributed by atoms with Crippen LogP contribution in [0.15, 0.2) is 36.4 Å². The molecule has 0 aliphatic heterocycles. The van der Waals surface area contributed by atoms with Crippen molar-refractivity contribution in [3.63, 3.8) is 0 Å². The van der Waals surface area contributed by atoms with Gasteiger partial charge < -0.3 is 14.7 Å². The third-order valence-corrected chi connectivity index (χ3v) is 2.55. The second-order valence-corrected chi connectivity index (χ2v) is 4.33. The summed E-state index contributed by atoms with van der Waals surface area (Å²) >= 11 is 0. The van der Waals surface area contributed by atoms with Crippen molar-refractivity contribution < 1.29 is 14.6 Å². The molecule has 0 fully saturated rings. The third kappa shape index (κ3) is 3.44. The van der Waals surface area contributed by atoms with E-state index in [1.807, 2.05) is 30.3 Å². The summed E-state index contributed by atoms with van der Waals surface area (Å²) in [5.41, 5.74) is -0.0460. The molecule has 2 aromatic rings. The van der Waals surface area contributed by atoms with Crippen molar-refractivity contribution in [2.24, 2.45) is 0 Å². The van der Waals surface area contributed by atoms with Gasteiger partial charge in [-0.3, -0.25) is 0 Å². The SMILES string of the molecule is CN(C)c1cc(C(=O)O)nc(COc2ccccc2)n1. The predicted octanol–water partition coefficient (Wildman–Crippen LogP) is 1.82. The molecule has 1 aromatic carbocycles. The molecule has 6 heteroatoms. The molecule has 0 radical (unpaired) electrons. The number of hydrogen-bond donors (Lipinski definition) is 1. The first-order chi connectivity index (χ1) is 9.56. The van der Waals surface area contributed by atoms with Gasteiger partial charge in [0.25, 0.3) is 0 Å². The average Bonchev–Trinajstić information content (AvgIpc) is 2.45. The number of carboxylic acids is 1. The molecule has 0 aliphatic rings. The van der Waals surface area contributed by atoms with Crippen LogP contribution in [-0.4, -0.2) is 35.1 Å². The highest BCUT2D eigenvalue weighted by Crippen LogP contribution is 2.13. The van der Waals surface area contributed by atoms with E-state index in [9.17, 15) is 4.79 Å². The standard InChI is InChI=1S/C14H15N3O3/c1-17(2)13-8-11(14(18)19)15-12(16-13)9-20-10-6-4-3-5-7-10/h3-8H,9H2,1-2H3,(H,18,19). The van der Waals surface area contributed by atoms with Gasteiger partial charge in [-0.2, -0.15) is 0 Å². The Morgan fingerprint density at radius 3 is 2.55 bits per heavy atom. The maximum Gasteiger partial charge on any atom is 0.354 e. The van der Waals surface area contributed by atoms with Crippen molar-refractivity contribution in [1.29, 1.82) is 0 Å². The molecule has 0 amide bonds. The lowest BCUT2D eigenvalue weighted by molar-refractivity contribution is 0.0689. The lowest BCUT2D eigenvalue weighted by Crippen LogP contribution is -2.16. The van der Waals surface area contributed by atoms with Crippen LogP contribution < -0.4 is 9.64 Å². The van der Waals surface area contributed by atoms with Gasteiger partial charge in [-0.1, -0.05) is 18.2 Å². The first-order valence-corrected chi connectivity index (χ1v) is 6.02. The van der Waals surface area contributed by atoms with Gasteiger partial charge >= 0.3 is 5.97 Å². The minimum atomic E-state index is -1.09. The Morgan fingerprint density at radius 2 is 1.95 bits per heavy atom. The molecular weight excluding hydrogens is 258 g/mol. The molecule has 0 bridgehead atoms. The second-order valence-electron chi connectivity index (χ2n) is 4.33. The number of carboxylic acid groups (broad SMARTS) is 1. The van der Waals surface area contributed by atoms with Gasteiger partial charge in [0.1, 0.15) is 18.2 Å². The lowest BCUT2D eigenvalue weighted by Gasteiger charge is -2.13. The highest BCUT2D eigenvalue weighted by atomic mass is 16.5. The first kappa shape index (κ1) is 13.8. The molecule has 2 rings (SSSR count). The van der Waals surface area contributed by atoms with E-state index in [0.29, 0.717) is 17.4 Å². The maximum atomic E-state index is 11.1. The van der Waals surface area contributed by atoms with Crippen molar-refractivity contribution in [2.45, 2.75) is 6.61 Å². The Balaban J connectivity index is 2.20. The van der Waals surface area contributed by atoms with E-state index in [0.717, 1.165) is 0 Å². The summed E-state index contributed by atoms with van der Waals surface area (Å²) in [7, 11) is 3.57. The molecule has 0 saturated carbocycles. The highest BCUT2D eigenvalue weighted by molar-refractivity contribution is 5.86. The Morgan fingerprint density at radius 1 is 1.25 bits per heavy atom. The molecule has 0 unspecified atom stereocenters. The highest BCUT2D eigenvalue weighted by Gasteiger charge is 2.12. The van der Waals surface area contributed by atoms with Crippen LogP contribution in [0.5, 0.6) is 5.75 Å². The number of para-hydroxylation sites is 1. The van der Waals surface area contributed by atoms with E-state index in [-0.39, 0.29) is 12.3 Å². The minimum Gasteiger partial charge on any atom is -0.486 e. The van der Waals surface area contributed by atoms with Gasteiger partial charge in [0.05, 0.1) is 0 Å². The van der Waals surface area contributed by atoms with Gasteiger partial charge in [-0.05, 0) is 12.1 Å². The zero-order chi connectivity index (χ0) is 14.5. The van der Waals surface area contributed by atoms with Gasteiger partial charge in [0.2, 0.25) is 0 Å². The topological polar surface area (TPSA) is 75.6 Å². The van der Waals surface area contributed by atoms with E-state index in [4.69, 9.17) is 9.84 Å². The van der Waals surface area contributed by atoms with E-state index < -0.39 is 5.97 Å². The Labute approximate surface area is 116 Å². The van der Waals surface area contributed by atoms with E-state index in [2.05, 4.69) is 9.97 Å². The quantitative estimate of drug-likeness (QED) is 0.895. The predicted molar refractivity (Wildman–Crippen MR) is 74.1 cm³/mol. The monoisotopic (exact) mass is 273 g/mol. The molecule has 20 heavy (non-hydrogen) atoms. The number of hydrogen-bond acceptors (Lipinski definition) is 5. The number of ether oxygens (including phenoxy) is 1. The third-order valence-electron chi connectivity index (χ3n) is 2.55. The van der Waals surface area contributed by atoms with Crippen LogP contribution >= 0.6 is 0 Å². The molecule has 1 aromatic heterocycles. The van der Waals surface area contributed by atoms with Crippen molar-refractivity contribution in [3.8, 4) is 5.75 Å². The summed E-state index contributed by atoms with van der Waals surface area (Å²) in [5.74, 6) is 0.459. The van der Waals surface area contributed by atoms with Crippen LogP contribution in [0.25, 0.3) is 0 Å². The number of rotatable bonds is 5. The van der Waals surface area contributed by atoms with Gasteiger partial charge in [0.15, 0.2) is 11.5 Å². The maximum absolute atomic E-state index is 11.1. The van der Waals surface area contributed by atoms with E-state index in [1.165, 1.54) is 6.07 Å². The molecule has 0 spiro atoms. The van der Waals surface area contributed by atoms with Crippen molar-refractivity contribution in [3.05, 3.63) is 47.9 Å². The number of carbonyl (C=O) groups is 1. The fourth-order valence-corrected chi connectivity index (χ4v) is 1.55. The fourth-order valence-electron chi connectivity index (χ4n) is 1.55. The minimum absolute atomic E-state index is 0.0460. The number of nitrogens with zero attached hydrogens (tertiary/aromatic N) is 3. The molecular formula is C14H15N3O3. The molecule has 0 atom stereocenters. The summed E-state index contributed by atoms with van der Waals surface area (Å²) in [5, 5.41) is 9.05. The molecule has 0 saturated heterocycles. The van der Waals surface area contributed by atoms with Crippen LogP contribution in [0.2, 0.25) is 0 Å². The van der Waals surface area contributed by atoms with Crippen LogP contribution in [0, 0.1) is 0 Å². The Kier molecular flexibility index (Phi) is 4.14. The average molecular weight is 273 g/mol. The number of benzene rings is 1. The fraction of sp³-hybridized carbons (Fsp3) is 0.214. The summed E-state index contributed by atoms with van der Waals surface area (Å²) < 4.78 is 5.53. The zero-order valence-corrected chi connectivity index (χ0v) is 11.3. The number of aromatic carboxylic acids is 1. The summed E-state index contributed by atoms with van der Waals surface area (Å²) in [6.45, 7) is 0.117. The van der Waals surface area contributed by atoms with Gasteiger partial charge in [-0.25, -0.2) is 14.8 Å². The zero-order valence-electron chi connectivity index (χ0n) is 11.3. The normalized spacial score (nSPS) is 10.1. The largest absolute Gasteiger partial charge is 0.486 e. The van der Waals surface area contributed by atoms with Crippen LogP contribution in [0.4, 0.5) is 5.82 Å². The molecule has 1 N–H and O–H groups in total. The van der Waals surface area contributed by atoms with Crippen molar-refractivity contribution in [1.82, 2.24) is 9.97 Å². The number of anilines is 1. The van der Waals surface area contributed by atoms with Crippen molar-refractivity contribution in [2.75, 3.05) is 19.0 Å². The molecule has 1 heterocycles. The van der Waals surface area contributed by atoms with Crippen molar-refractivity contribution >= 4 is 11.8 Å². The van der Waals surface area contributed by atoms with Gasteiger partial charge in [-0.15, -0.1) is 0 Å². The summed E-state index contributed by atoms with van der Waals surface area (Å²) in [6.07, 6.45) is 0. The second kappa shape index (κ2) is 6.01.